The Kier molecular flexibility index (Phi) is 2.34. The molecule has 1 aromatic rings. The molecule has 3 heteroatoms. The second-order valence-electron chi connectivity index (χ2n) is 4.05. The van der Waals surface area contributed by atoms with E-state index in [0.717, 1.165) is 5.69 Å². The van der Waals surface area contributed by atoms with Crippen LogP contribution in [0.4, 0.5) is 5.13 Å². The average Bonchev–Trinajstić information content (AvgIpc) is 2.75. The van der Waals surface area contributed by atoms with Crippen molar-refractivity contribution in [1.82, 2.24) is 4.98 Å². The van der Waals surface area contributed by atoms with Crippen LogP contribution in [0.15, 0.2) is 41.8 Å². The molecule has 0 aromatic carbocycles. The molecule has 2 nitrogen and oxygen atoms in total. The molecule has 0 aliphatic heterocycles. The van der Waals surface area contributed by atoms with E-state index in [9.17, 15) is 0 Å². The van der Waals surface area contributed by atoms with Gasteiger partial charge in [-0.15, -0.1) is 11.3 Å². The number of fused-ring (bicyclic) bond motifs is 1. The Morgan fingerprint density at radius 1 is 1.06 bits per heavy atom. The molecule has 0 spiro atoms. The number of rotatable bonds is 1. The first-order chi connectivity index (χ1) is 8.25. The van der Waals surface area contributed by atoms with Crippen LogP contribution in [0.1, 0.15) is 5.56 Å². The van der Waals surface area contributed by atoms with Gasteiger partial charge in [0.2, 0.25) is 0 Å². The summed E-state index contributed by atoms with van der Waals surface area (Å²) < 4.78 is 0. The van der Waals surface area contributed by atoms with Crippen LogP contribution >= 0.6 is 11.3 Å². The fraction of sp³-hybridized carbons (Fsp3) is 0.0714. The van der Waals surface area contributed by atoms with E-state index in [-0.39, 0.29) is 0 Å². The fourth-order valence-electron chi connectivity index (χ4n) is 2.12. The van der Waals surface area contributed by atoms with Crippen LogP contribution in [0.25, 0.3) is 22.4 Å². The quantitative estimate of drug-likeness (QED) is 0.702. The number of thiazole rings is 1. The second-order valence-corrected chi connectivity index (χ2v) is 4.94. The van der Waals surface area contributed by atoms with Crippen LogP contribution in [0.3, 0.4) is 0 Å². The molecule has 0 saturated carbocycles. The summed E-state index contributed by atoms with van der Waals surface area (Å²) in [5, 5.41) is 2.63. The van der Waals surface area contributed by atoms with Gasteiger partial charge in [0, 0.05) is 10.9 Å². The van der Waals surface area contributed by atoms with Gasteiger partial charge in [-0.2, -0.15) is 0 Å². The van der Waals surface area contributed by atoms with E-state index in [4.69, 9.17) is 5.73 Å². The molecule has 1 aromatic heterocycles. The first-order valence-corrected chi connectivity index (χ1v) is 6.33. The summed E-state index contributed by atoms with van der Waals surface area (Å²) in [6.07, 6.45) is 0. The van der Waals surface area contributed by atoms with Gasteiger partial charge >= 0.3 is 0 Å². The number of hydrogen-bond donors (Lipinski definition) is 1. The molecule has 2 N–H and O–H groups in total. The van der Waals surface area contributed by atoms with Crippen molar-refractivity contribution >= 4 is 16.5 Å². The van der Waals surface area contributed by atoms with Crippen LogP contribution < -0.4 is 5.73 Å². The fourth-order valence-corrected chi connectivity index (χ4v) is 2.68. The van der Waals surface area contributed by atoms with E-state index in [1.54, 1.807) is 0 Å². The molecular weight excluding hydrogens is 228 g/mol. The van der Waals surface area contributed by atoms with Crippen LogP contribution in [0, 0.1) is 6.92 Å². The van der Waals surface area contributed by atoms with Crippen molar-refractivity contribution in [2.24, 2.45) is 0 Å². The van der Waals surface area contributed by atoms with Gasteiger partial charge in [0.05, 0.1) is 5.69 Å². The van der Waals surface area contributed by atoms with E-state index in [1.165, 1.54) is 33.6 Å². The van der Waals surface area contributed by atoms with E-state index in [1.807, 2.05) is 11.4 Å². The predicted molar refractivity (Wildman–Crippen MR) is 73.3 cm³/mol. The monoisotopic (exact) mass is 240 g/mol. The van der Waals surface area contributed by atoms with Gasteiger partial charge in [-0.1, -0.05) is 30.3 Å². The Balaban J connectivity index is 2.27. The first kappa shape index (κ1) is 10.3. The molecule has 0 saturated heterocycles. The third-order valence-electron chi connectivity index (χ3n) is 2.91. The molecular formula is C14H12N2S. The highest BCUT2D eigenvalue weighted by Gasteiger charge is 2.14. The minimum Gasteiger partial charge on any atom is -0.375 e. The molecule has 84 valence electrons. The SMILES string of the molecule is Cc1cc(-c2csc(N)n2)c2cccccc1-2. The Hall–Kier alpha value is -1.87. The molecule has 17 heavy (non-hydrogen) atoms. The Labute approximate surface area is 104 Å². The summed E-state index contributed by atoms with van der Waals surface area (Å²) in [7, 11) is 0. The average molecular weight is 240 g/mol. The van der Waals surface area contributed by atoms with Crippen molar-refractivity contribution in [3.63, 3.8) is 0 Å². The summed E-state index contributed by atoms with van der Waals surface area (Å²) >= 11 is 1.48. The second kappa shape index (κ2) is 3.86. The van der Waals surface area contributed by atoms with Crippen LogP contribution in [-0.4, -0.2) is 4.98 Å². The van der Waals surface area contributed by atoms with Gasteiger partial charge in [-0.3, -0.25) is 0 Å². The molecule has 0 fully saturated rings. The highest BCUT2D eigenvalue weighted by atomic mass is 32.1. The number of nitrogens with two attached hydrogens (primary N) is 1. The third kappa shape index (κ3) is 1.68. The van der Waals surface area contributed by atoms with Crippen LogP contribution in [0.2, 0.25) is 0 Å². The third-order valence-corrected chi connectivity index (χ3v) is 3.59. The topological polar surface area (TPSA) is 38.9 Å². The van der Waals surface area contributed by atoms with E-state index < -0.39 is 0 Å². The summed E-state index contributed by atoms with van der Waals surface area (Å²) in [6.45, 7) is 2.13. The number of nitrogens with zero attached hydrogens (tertiary/aromatic N) is 1. The van der Waals surface area contributed by atoms with Gasteiger partial charge < -0.3 is 5.73 Å². The number of hydrogen-bond acceptors (Lipinski definition) is 3. The number of nitrogen functional groups attached to an aromatic ring is 1. The lowest BCUT2D eigenvalue weighted by atomic mass is 10.1. The standard InChI is InChI=1S/C14H12N2S/c1-9-7-12(13-8-17-14(15)16-13)11-6-4-2-3-5-10(9)11/h2-8H,1H3,(H2,15,16). The van der Waals surface area contributed by atoms with Crippen LogP contribution in [-0.2, 0) is 0 Å². The summed E-state index contributed by atoms with van der Waals surface area (Å²) in [4.78, 5) is 4.36. The van der Waals surface area contributed by atoms with E-state index >= 15 is 0 Å². The highest BCUT2D eigenvalue weighted by Crippen LogP contribution is 2.38. The molecule has 0 unspecified atom stereocenters. The maximum atomic E-state index is 5.70. The molecule has 0 amide bonds. The number of aryl methyl sites for hydroxylation is 1. The summed E-state index contributed by atoms with van der Waals surface area (Å²) in [5.74, 6) is 0. The smallest absolute Gasteiger partial charge is 0.180 e. The Morgan fingerprint density at radius 2 is 1.82 bits per heavy atom. The Morgan fingerprint density at radius 3 is 2.53 bits per heavy atom. The lowest BCUT2D eigenvalue weighted by Gasteiger charge is -1.97. The van der Waals surface area contributed by atoms with Gasteiger partial charge in [0.15, 0.2) is 5.13 Å². The van der Waals surface area contributed by atoms with Crippen molar-refractivity contribution in [2.45, 2.75) is 6.92 Å². The van der Waals surface area contributed by atoms with Crippen molar-refractivity contribution in [2.75, 3.05) is 5.73 Å². The van der Waals surface area contributed by atoms with Crippen molar-refractivity contribution in [1.29, 1.82) is 0 Å². The van der Waals surface area contributed by atoms with Gasteiger partial charge in [-0.25, -0.2) is 4.98 Å². The first-order valence-electron chi connectivity index (χ1n) is 5.45. The zero-order valence-electron chi connectivity index (χ0n) is 9.47. The molecule has 2 aliphatic carbocycles. The number of anilines is 1. The zero-order valence-corrected chi connectivity index (χ0v) is 10.3. The maximum absolute atomic E-state index is 5.70. The normalized spacial score (nSPS) is 10.9. The summed E-state index contributed by atoms with van der Waals surface area (Å²) in [5.41, 5.74) is 11.6. The minimum absolute atomic E-state index is 0.618. The van der Waals surface area contributed by atoms with E-state index in [2.05, 4.69) is 42.2 Å². The van der Waals surface area contributed by atoms with Crippen LogP contribution in [0.5, 0.6) is 0 Å². The van der Waals surface area contributed by atoms with Gasteiger partial charge in [0.1, 0.15) is 0 Å². The lowest BCUT2D eigenvalue weighted by Crippen LogP contribution is -1.82. The van der Waals surface area contributed by atoms with Crippen molar-refractivity contribution < 1.29 is 0 Å². The minimum atomic E-state index is 0.618. The molecule has 1 heterocycles. The molecule has 3 rings (SSSR count). The molecule has 2 aliphatic rings. The Bertz CT molecular complexity index is 643. The molecule has 0 radical (unpaired) electrons. The van der Waals surface area contributed by atoms with Crippen molar-refractivity contribution in [3.05, 3.63) is 47.3 Å². The maximum Gasteiger partial charge on any atom is 0.180 e. The number of aromatic nitrogens is 1. The van der Waals surface area contributed by atoms with Gasteiger partial charge in [0.25, 0.3) is 0 Å². The van der Waals surface area contributed by atoms with Crippen molar-refractivity contribution in [3.8, 4) is 22.4 Å². The van der Waals surface area contributed by atoms with Gasteiger partial charge in [-0.05, 0) is 29.7 Å². The van der Waals surface area contributed by atoms with E-state index in [0.29, 0.717) is 5.13 Å². The molecule has 0 atom stereocenters. The summed E-state index contributed by atoms with van der Waals surface area (Å²) in [6, 6.07) is 12.6. The lowest BCUT2D eigenvalue weighted by molar-refractivity contribution is 1.42. The highest BCUT2D eigenvalue weighted by molar-refractivity contribution is 7.13. The largest absolute Gasteiger partial charge is 0.375 e. The zero-order chi connectivity index (χ0) is 11.8. The predicted octanol–water partition coefficient (Wildman–Crippen LogP) is 3.81. The molecule has 0 bridgehead atoms.